The molecule has 7 nitrogen and oxygen atoms in total. The fraction of sp³-hybridized carbons (Fsp3) is 0.385. The predicted molar refractivity (Wildman–Crippen MR) is 73.5 cm³/mol. The minimum Gasteiger partial charge on any atom is -0.382 e. The molecule has 2 aromatic heterocycles. The second-order valence-corrected chi connectivity index (χ2v) is 5.16. The molecule has 1 fully saturated rings. The highest BCUT2D eigenvalue weighted by Crippen LogP contribution is 2.46. The van der Waals surface area contributed by atoms with Crippen LogP contribution in [0.2, 0.25) is 0 Å². The van der Waals surface area contributed by atoms with Gasteiger partial charge in [-0.05, 0) is 18.9 Å². The first kappa shape index (κ1) is 12.4. The average Bonchev–Trinajstić information content (AvgIpc) is 3.01. The van der Waals surface area contributed by atoms with Gasteiger partial charge in [0, 0.05) is 30.9 Å². The summed E-state index contributed by atoms with van der Waals surface area (Å²) in [6.45, 7) is 1.66. The highest BCUT2D eigenvalue weighted by Gasteiger charge is 2.43. The SMILES string of the molecule is N#Cc1cnc(NCC2(Cn3cccn3)CC2)nc1N. The molecule has 2 aromatic rings. The van der Waals surface area contributed by atoms with Gasteiger partial charge in [-0.3, -0.25) is 4.68 Å². The summed E-state index contributed by atoms with van der Waals surface area (Å²) < 4.78 is 1.95. The van der Waals surface area contributed by atoms with Crippen molar-refractivity contribution in [2.45, 2.75) is 19.4 Å². The summed E-state index contributed by atoms with van der Waals surface area (Å²) in [5.74, 6) is 0.676. The number of nitriles is 1. The third kappa shape index (κ3) is 2.54. The summed E-state index contributed by atoms with van der Waals surface area (Å²) in [4.78, 5) is 8.17. The van der Waals surface area contributed by atoms with E-state index in [-0.39, 0.29) is 11.2 Å². The minimum absolute atomic E-state index is 0.210. The van der Waals surface area contributed by atoms with Gasteiger partial charge in [-0.25, -0.2) is 4.98 Å². The fourth-order valence-corrected chi connectivity index (χ4v) is 2.14. The van der Waals surface area contributed by atoms with Gasteiger partial charge in [0.1, 0.15) is 17.5 Å². The van der Waals surface area contributed by atoms with Crippen LogP contribution in [-0.2, 0) is 6.54 Å². The van der Waals surface area contributed by atoms with Crippen molar-refractivity contribution >= 4 is 11.8 Å². The van der Waals surface area contributed by atoms with Gasteiger partial charge in [0.25, 0.3) is 0 Å². The quantitative estimate of drug-likeness (QED) is 0.839. The second kappa shape index (κ2) is 4.81. The van der Waals surface area contributed by atoms with E-state index in [0.29, 0.717) is 11.5 Å². The number of rotatable bonds is 5. The maximum Gasteiger partial charge on any atom is 0.224 e. The Morgan fingerprint density at radius 3 is 2.95 bits per heavy atom. The van der Waals surface area contributed by atoms with Crippen molar-refractivity contribution < 1.29 is 0 Å². The summed E-state index contributed by atoms with van der Waals surface area (Å²) in [6, 6.07) is 3.87. The average molecular weight is 269 g/mol. The van der Waals surface area contributed by atoms with Gasteiger partial charge < -0.3 is 11.1 Å². The van der Waals surface area contributed by atoms with E-state index in [1.165, 1.54) is 6.20 Å². The van der Waals surface area contributed by atoms with Gasteiger partial charge in [-0.15, -0.1) is 0 Å². The summed E-state index contributed by atoms with van der Waals surface area (Å²) in [6.07, 6.45) is 7.51. The number of aromatic nitrogens is 4. The molecule has 1 aliphatic carbocycles. The molecule has 0 aliphatic heterocycles. The Morgan fingerprint density at radius 1 is 1.50 bits per heavy atom. The second-order valence-electron chi connectivity index (χ2n) is 5.16. The minimum atomic E-state index is 0.210. The zero-order valence-electron chi connectivity index (χ0n) is 11.0. The highest BCUT2D eigenvalue weighted by molar-refractivity contribution is 5.49. The monoisotopic (exact) mass is 269 g/mol. The third-order valence-corrected chi connectivity index (χ3v) is 3.57. The molecule has 0 spiro atoms. The number of hydrogen-bond acceptors (Lipinski definition) is 6. The Hall–Kier alpha value is -2.62. The molecular weight excluding hydrogens is 254 g/mol. The molecule has 0 bridgehead atoms. The van der Waals surface area contributed by atoms with Crippen LogP contribution < -0.4 is 11.1 Å². The molecule has 7 heteroatoms. The molecule has 102 valence electrons. The zero-order chi connectivity index (χ0) is 14.0. The molecule has 2 heterocycles. The fourth-order valence-electron chi connectivity index (χ4n) is 2.14. The van der Waals surface area contributed by atoms with Crippen LogP contribution >= 0.6 is 0 Å². The van der Waals surface area contributed by atoms with Gasteiger partial charge in [-0.2, -0.15) is 15.3 Å². The summed E-state index contributed by atoms with van der Waals surface area (Å²) in [5, 5.41) is 16.2. The lowest BCUT2D eigenvalue weighted by Crippen LogP contribution is -2.22. The van der Waals surface area contributed by atoms with Crippen LogP contribution in [0, 0.1) is 16.7 Å². The zero-order valence-corrected chi connectivity index (χ0v) is 11.0. The van der Waals surface area contributed by atoms with Crippen molar-refractivity contribution in [3.63, 3.8) is 0 Å². The van der Waals surface area contributed by atoms with E-state index in [0.717, 1.165) is 25.9 Å². The molecule has 1 saturated carbocycles. The maximum absolute atomic E-state index is 8.78. The molecule has 0 atom stereocenters. The molecule has 0 amide bonds. The number of nitrogens with one attached hydrogen (secondary N) is 1. The Labute approximate surface area is 116 Å². The van der Waals surface area contributed by atoms with Gasteiger partial charge in [0.05, 0.1) is 6.20 Å². The third-order valence-electron chi connectivity index (χ3n) is 3.57. The van der Waals surface area contributed by atoms with Crippen molar-refractivity contribution in [2.24, 2.45) is 5.41 Å². The topological polar surface area (TPSA) is 105 Å². The van der Waals surface area contributed by atoms with Crippen LogP contribution in [0.3, 0.4) is 0 Å². The lowest BCUT2D eigenvalue weighted by molar-refractivity contribution is 0.415. The molecule has 0 unspecified atom stereocenters. The molecule has 0 aromatic carbocycles. The molecule has 3 N–H and O–H groups in total. The number of nitrogens with zero attached hydrogens (tertiary/aromatic N) is 5. The van der Waals surface area contributed by atoms with E-state index < -0.39 is 0 Å². The van der Waals surface area contributed by atoms with Crippen molar-refractivity contribution in [3.8, 4) is 6.07 Å². The first-order valence-electron chi connectivity index (χ1n) is 6.45. The van der Waals surface area contributed by atoms with Crippen molar-refractivity contribution in [1.29, 1.82) is 5.26 Å². The molecule has 20 heavy (non-hydrogen) atoms. The van der Waals surface area contributed by atoms with Gasteiger partial charge >= 0.3 is 0 Å². The van der Waals surface area contributed by atoms with E-state index in [2.05, 4.69) is 20.4 Å². The molecule has 0 saturated heterocycles. The standard InChI is InChI=1S/C13H15N7/c14-6-10-7-16-12(19-11(10)15)17-8-13(2-3-13)9-20-5-1-4-18-20/h1,4-5,7H,2-3,8-9H2,(H3,15,16,17,19). The van der Waals surface area contributed by atoms with Crippen molar-refractivity contribution in [3.05, 3.63) is 30.2 Å². The highest BCUT2D eigenvalue weighted by atomic mass is 15.3. The van der Waals surface area contributed by atoms with E-state index in [4.69, 9.17) is 11.0 Å². The van der Waals surface area contributed by atoms with Crippen LogP contribution in [0.4, 0.5) is 11.8 Å². The Kier molecular flexibility index (Phi) is 2.99. The van der Waals surface area contributed by atoms with Crippen molar-refractivity contribution in [1.82, 2.24) is 19.7 Å². The van der Waals surface area contributed by atoms with Crippen LogP contribution in [0.15, 0.2) is 24.7 Å². The van der Waals surface area contributed by atoms with Gasteiger partial charge in [-0.1, -0.05) is 0 Å². The van der Waals surface area contributed by atoms with E-state index in [1.54, 1.807) is 6.20 Å². The molecule has 0 radical (unpaired) electrons. The first-order chi connectivity index (χ1) is 9.71. The lowest BCUT2D eigenvalue weighted by Gasteiger charge is -2.16. The Balaban J connectivity index is 1.62. The predicted octanol–water partition coefficient (Wildman–Crippen LogP) is 1.02. The number of nitrogen functional groups attached to an aromatic ring is 1. The molecular formula is C13H15N7. The lowest BCUT2D eigenvalue weighted by atomic mass is 10.1. The Morgan fingerprint density at radius 2 is 2.35 bits per heavy atom. The van der Waals surface area contributed by atoms with E-state index >= 15 is 0 Å². The van der Waals surface area contributed by atoms with Crippen LogP contribution in [0.5, 0.6) is 0 Å². The maximum atomic E-state index is 8.78. The smallest absolute Gasteiger partial charge is 0.224 e. The number of anilines is 2. The van der Waals surface area contributed by atoms with Crippen LogP contribution in [0.25, 0.3) is 0 Å². The van der Waals surface area contributed by atoms with E-state index in [1.807, 2.05) is 23.0 Å². The van der Waals surface area contributed by atoms with Crippen LogP contribution in [0.1, 0.15) is 18.4 Å². The Bertz CT molecular complexity index is 637. The van der Waals surface area contributed by atoms with Crippen LogP contribution in [-0.4, -0.2) is 26.3 Å². The molecule has 1 aliphatic rings. The first-order valence-corrected chi connectivity index (χ1v) is 6.45. The molecule has 3 rings (SSSR count). The number of nitrogens with two attached hydrogens (primary N) is 1. The van der Waals surface area contributed by atoms with Gasteiger partial charge in [0.15, 0.2) is 0 Å². The van der Waals surface area contributed by atoms with Crippen molar-refractivity contribution in [2.75, 3.05) is 17.6 Å². The summed E-state index contributed by atoms with van der Waals surface area (Å²) in [5.41, 5.74) is 6.19. The number of hydrogen-bond donors (Lipinski definition) is 2. The largest absolute Gasteiger partial charge is 0.382 e. The van der Waals surface area contributed by atoms with Gasteiger partial charge in [0.2, 0.25) is 5.95 Å². The normalized spacial score (nSPS) is 15.6. The summed E-state index contributed by atoms with van der Waals surface area (Å²) >= 11 is 0. The summed E-state index contributed by atoms with van der Waals surface area (Å²) in [7, 11) is 0. The van der Waals surface area contributed by atoms with E-state index in [9.17, 15) is 0 Å².